The normalized spacial score (nSPS) is 16.8. The monoisotopic (exact) mass is 816 g/mol. The number of aromatic nitrogens is 3. The van der Waals surface area contributed by atoms with E-state index in [0.29, 0.717) is 48.1 Å². The molecular weight excluding hydrogens is 769 g/mol. The molecule has 9 rings (SSSR count). The van der Waals surface area contributed by atoms with Gasteiger partial charge < -0.3 is 25.8 Å². The molecule has 4 N–H and O–H groups in total. The summed E-state index contributed by atoms with van der Waals surface area (Å²) in [4.78, 5) is 58.9. The molecule has 310 valence electrons. The van der Waals surface area contributed by atoms with Gasteiger partial charge in [0.15, 0.2) is 0 Å². The van der Waals surface area contributed by atoms with Gasteiger partial charge in [-0.3, -0.25) is 28.5 Å². The number of nitrogens with zero attached hydrogens (tertiary/aromatic N) is 4. The Hall–Kier alpha value is -7.02. The highest BCUT2D eigenvalue weighted by Crippen LogP contribution is 2.34. The molecule has 3 aromatic carbocycles. The van der Waals surface area contributed by atoms with Crippen molar-refractivity contribution in [1.29, 1.82) is 0 Å². The number of imidazole rings is 1. The number of nitrogens with one attached hydrogen (secondary N) is 4. The second-order valence-corrected chi connectivity index (χ2v) is 16.3. The van der Waals surface area contributed by atoms with Crippen LogP contribution in [-0.2, 0) is 24.2 Å². The maximum atomic E-state index is 13.5. The number of amides is 4. The molecule has 2 aliphatic heterocycles. The summed E-state index contributed by atoms with van der Waals surface area (Å²) in [6.07, 6.45) is 10.5. The Bertz CT molecular complexity index is 2670. The van der Waals surface area contributed by atoms with Crippen LogP contribution in [0.2, 0.25) is 0 Å². The molecule has 0 radical (unpaired) electrons. The fourth-order valence-corrected chi connectivity index (χ4v) is 8.85. The molecule has 6 aromatic rings. The summed E-state index contributed by atoms with van der Waals surface area (Å²) in [6.45, 7) is 8.03. The van der Waals surface area contributed by atoms with Crippen molar-refractivity contribution >= 4 is 46.5 Å². The Kier molecular flexibility index (Phi) is 10.7. The molecule has 3 aromatic heterocycles. The van der Waals surface area contributed by atoms with Gasteiger partial charge in [0.2, 0.25) is 5.91 Å². The van der Waals surface area contributed by atoms with E-state index in [2.05, 4.69) is 55.7 Å². The number of piperidine rings is 1. The summed E-state index contributed by atoms with van der Waals surface area (Å²) in [6, 6.07) is 24.0. The van der Waals surface area contributed by atoms with Crippen molar-refractivity contribution in [3.05, 3.63) is 142 Å². The van der Waals surface area contributed by atoms with Crippen LogP contribution in [0.5, 0.6) is 0 Å². The number of benzene rings is 3. The molecule has 1 saturated carbocycles. The number of fused-ring (bicyclic) bond motifs is 2. The lowest BCUT2D eigenvalue weighted by molar-refractivity contribution is -0.125. The average Bonchev–Trinajstić information content (AvgIpc) is 3.88. The van der Waals surface area contributed by atoms with Crippen LogP contribution >= 0.6 is 0 Å². The van der Waals surface area contributed by atoms with Gasteiger partial charge in [0, 0.05) is 47.0 Å². The number of pyridine rings is 1. The Labute approximate surface area is 353 Å². The van der Waals surface area contributed by atoms with Crippen molar-refractivity contribution in [3.63, 3.8) is 0 Å². The summed E-state index contributed by atoms with van der Waals surface area (Å²) in [7, 11) is 0. The Morgan fingerprint density at radius 1 is 0.885 bits per heavy atom. The number of hydrogen-bond donors (Lipinski definition) is 4. The first-order valence-corrected chi connectivity index (χ1v) is 21.0. The maximum absolute atomic E-state index is 13.5. The number of carbonyl (C=O) groups excluding carboxylic acids is 4. The van der Waals surface area contributed by atoms with E-state index in [0.717, 1.165) is 81.5 Å². The summed E-state index contributed by atoms with van der Waals surface area (Å²) in [5.41, 5.74) is 9.61. The molecule has 1 saturated heterocycles. The molecule has 1 atom stereocenters. The topological polar surface area (TPSA) is 163 Å². The second-order valence-electron chi connectivity index (χ2n) is 16.3. The third-order valence-corrected chi connectivity index (χ3v) is 12.1. The third-order valence-electron chi connectivity index (χ3n) is 12.1. The number of anilines is 3. The zero-order valence-electron chi connectivity index (χ0n) is 34.3. The summed E-state index contributed by atoms with van der Waals surface area (Å²) in [5.74, 6) is 0.231. The SMILES string of the molecule is C=C1CCC(N2C(=O)c3cccc(NCc4ccc(C(=O)Nc5ccc(CCc6nc7cc(-c8c(C)noc8C)ccn7c6NC6CCCCC6)cc5)cc4)c3C2=O)C(=O)N1. The molecule has 61 heavy (non-hydrogen) atoms. The minimum absolute atomic E-state index is 0.230. The molecule has 13 heteroatoms. The molecule has 2 fully saturated rings. The number of hydrogen-bond acceptors (Lipinski definition) is 9. The predicted octanol–water partition coefficient (Wildman–Crippen LogP) is 8.39. The van der Waals surface area contributed by atoms with Crippen molar-refractivity contribution in [3.8, 4) is 11.1 Å². The van der Waals surface area contributed by atoms with Gasteiger partial charge in [-0.2, -0.15) is 0 Å². The van der Waals surface area contributed by atoms with E-state index >= 15 is 0 Å². The van der Waals surface area contributed by atoms with Crippen molar-refractivity contribution in [2.45, 2.75) is 90.3 Å². The van der Waals surface area contributed by atoms with Crippen LogP contribution in [0.25, 0.3) is 16.8 Å². The van der Waals surface area contributed by atoms with Gasteiger partial charge in [-0.1, -0.05) is 61.3 Å². The van der Waals surface area contributed by atoms with Crippen LogP contribution in [0.1, 0.15) is 104 Å². The van der Waals surface area contributed by atoms with E-state index in [1.807, 2.05) is 50.2 Å². The first kappa shape index (κ1) is 39.4. The minimum atomic E-state index is -0.880. The summed E-state index contributed by atoms with van der Waals surface area (Å²) >= 11 is 0. The molecule has 1 unspecified atom stereocenters. The van der Waals surface area contributed by atoms with E-state index in [1.54, 1.807) is 30.3 Å². The fraction of sp³-hybridized carbons (Fsp3) is 0.292. The number of carbonyl (C=O) groups is 4. The Balaban J connectivity index is 0.822. The standard InChI is InChI=1S/C48H48N8O5/c1-28-12-23-40(46(58)50-28)56-47(59)37-10-7-11-38(43(37)48(56)60)49-27-32-13-18-33(19-14-32)45(57)52-36-20-15-31(16-21-36)17-22-39-44(51-35-8-5-4-6-9-35)55-25-24-34(26-41(55)53-39)42-29(2)54-61-30(42)3/h7,10-11,13-16,18-21,24-26,35,40,49,51H,1,4-6,8-9,12,17,22-23,27H2,2-3H3,(H,50,58)(H,52,57). The fourth-order valence-electron chi connectivity index (χ4n) is 8.85. The van der Waals surface area contributed by atoms with Crippen molar-refractivity contribution in [1.82, 2.24) is 24.8 Å². The zero-order valence-corrected chi connectivity index (χ0v) is 34.3. The Morgan fingerprint density at radius 3 is 2.39 bits per heavy atom. The first-order chi connectivity index (χ1) is 29.6. The number of rotatable bonds is 12. The number of imide groups is 1. The van der Waals surface area contributed by atoms with Crippen molar-refractivity contribution < 1.29 is 23.7 Å². The minimum Gasteiger partial charge on any atom is -0.380 e. The lowest BCUT2D eigenvalue weighted by Gasteiger charge is -2.29. The molecular formula is C48H48N8O5. The van der Waals surface area contributed by atoms with Crippen LogP contribution in [0, 0.1) is 13.8 Å². The van der Waals surface area contributed by atoms with Gasteiger partial charge in [-0.05, 0) is 118 Å². The molecule has 5 heterocycles. The van der Waals surface area contributed by atoms with E-state index in [-0.39, 0.29) is 17.0 Å². The largest absolute Gasteiger partial charge is 0.380 e. The maximum Gasteiger partial charge on any atom is 0.264 e. The van der Waals surface area contributed by atoms with E-state index in [9.17, 15) is 19.2 Å². The average molecular weight is 817 g/mol. The highest BCUT2D eigenvalue weighted by atomic mass is 16.5. The predicted molar refractivity (Wildman–Crippen MR) is 233 cm³/mol. The van der Waals surface area contributed by atoms with Crippen LogP contribution in [0.4, 0.5) is 17.2 Å². The van der Waals surface area contributed by atoms with Gasteiger partial charge in [0.1, 0.15) is 23.3 Å². The summed E-state index contributed by atoms with van der Waals surface area (Å²) < 4.78 is 7.62. The highest BCUT2D eigenvalue weighted by molar-refractivity contribution is 6.25. The molecule has 13 nitrogen and oxygen atoms in total. The van der Waals surface area contributed by atoms with Crippen molar-refractivity contribution in [2.75, 3.05) is 16.0 Å². The smallest absolute Gasteiger partial charge is 0.264 e. The molecule has 0 spiro atoms. The zero-order chi connectivity index (χ0) is 42.2. The number of aryl methyl sites for hydroxylation is 4. The van der Waals surface area contributed by atoms with E-state index in [1.165, 1.54) is 19.3 Å². The van der Waals surface area contributed by atoms with Crippen LogP contribution in [0.3, 0.4) is 0 Å². The molecule has 0 bridgehead atoms. The van der Waals surface area contributed by atoms with Gasteiger partial charge in [0.05, 0.1) is 22.5 Å². The van der Waals surface area contributed by atoms with Crippen molar-refractivity contribution in [2.24, 2.45) is 0 Å². The molecule has 4 amide bonds. The highest BCUT2D eigenvalue weighted by Gasteiger charge is 2.45. The lowest BCUT2D eigenvalue weighted by atomic mass is 9.95. The third kappa shape index (κ3) is 7.90. The second kappa shape index (κ2) is 16.6. The quantitative estimate of drug-likeness (QED) is 0.0889. The van der Waals surface area contributed by atoms with E-state index < -0.39 is 23.8 Å². The van der Waals surface area contributed by atoms with Crippen LogP contribution in [-0.4, -0.2) is 55.2 Å². The van der Waals surface area contributed by atoms with Gasteiger partial charge in [0.25, 0.3) is 17.7 Å². The summed E-state index contributed by atoms with van der Waals surface area (Å²) in [5, 5.41) is 17.0. The molecule has 1 aliphatic carbocycles. The van der Waals surface area contributed by atoms with Gasteiger partial charge >= 0.3 is 0 Å². The van der Waals surface area contributed by atoms with Gasteiger partial charge in [-0.25, -0.2) is 4.98 Å². The van der Waals surface area contributed by atoms with Gasteiger partial charge in [-0.15, -0.1) is 0 Å². The van der Waals surface area contributed by atoms with Crippen LogP contribution < -0.4 is 21.3 Å². The number of allylic oxidation sites excluding steroid dienone is 1. The van der Waals surface area contributed by atoms with E-state index in [4.69, 9.17) is 9.51 Å². The Morgan fingerprint density at radius 2 is 1.66 bits per heavy atom. The lowest BCUT2D eigenvalue weighted by Crippen LogP contribution is -2.51. The molecule has 3 aliphatic rings. The first-order valence-electron chi connectivity index (χ1n) is 21.0. The van der Waals surface area contributed by atoms with Crippen LogP contribution in [0.15, 0.2) is 102 Å².